The Morgan fingerprint density at radius 3 is 2.24 bits per heavy atom. The Morgan fingerprint density at radius 1 is 1.05 bits per heavy atom. The molecule has 3 aliphatic rings. The van der Waals surface area contributed by atoms with E-state index in [2.05, 4.69) is 16.0 Å². The Bertz CT molecular complexity index is 394. The molecule has 0 aromatic rings. The molecular formula is C16H27N3O2. The molecule has 3 unspecified atom stereocenters. The van der Waals surface area contributed by atoms with Gasteiger partial charge in [-0.15, -0.1) is 0 Å². The first-order valence-corrected chi connectivity index (χ1v) is 8.45. The second-order valence-corrected chi connectivity index (χ2v) is 7.04. The molecule has 2 heterocycles. The summed E-state index contributed by atoms with van der Waals surface area (Å²) in [7, 11) is 0. The Balaban J connectivity index is 1.59. The van der Waals surface area contributed by atoms with Crippen molar-refractivity contribution >= 4 is 11.8 Å². The normalized spacial score (nSPS) is 33.7. The lowest BCUT2D eigenvalue weighted by Gasteiger charge is -2.32. The van der Waals surface area contributed by atoms with Crippen LogP contribution in [0.1, 0.15) is 58.3 Å². The fraction of sp³-hybridized carbons (Fsp3) is 0.875. The van der Waals surface area contributed by atoms with Crippen molar-refractivity contribution in [3.63, 3.8) is 0 Å². The van der Waals surface area contributed by atoms with E-state index in [1.54, 1.807) is 0 Å². The van der Waals surface area contributed by atoms with Gasteiger partial charge in [0.1, 0.15) is 6.04 Å². The number of amides is 2. The second kappa shape index (κ2) is 6.34. The summed E-state index contributed by atoms with van der Waals surface area (Å²) in [6, 6.07) is 1.07. The van der Waals surface area contributed by atoms with Crippen LogP contribution in [-0.2, 0) is 9.59 Å². The van der Waals surface area contributed by atoms with Gasteiger partial charge in [0.15, 0.2) is 0 Å². The number of rotatable bonds is 4. The molecule has 1 saturated carbocycles. The topological polar surface area (TPSA) is 70.2 Å². The van der Waals surface area contributed by atoms with E-state index in [1.807, 2.05) is 0 Å². The summed E-state index contributed by atoms with van der Waals surface area (Å²) >= 11 is 0. The molecule has 2 aliphatic heterocycles. The van der Waals surface area contributed by atoms with E-state index in [0.717, 1.165) is 25.7 Å². The molecule has 5 heteroatoms. The first-order chi connectivity index (χ1) is 10.1. The lowest BCUT2D eigenvalue weighted by Crippen LogP contribution is -2.55. The van der Waals surface area contributed by atoms with Crippen LogP contribution >= 0.6 is 0 Å². The smallest absolute Gasteiger partial charge is 0.243 e. The average Bonchev–Trinajstić information content (AvgIpc) is 3.06. The first kappa shape index (κ1) is 14.8. The molecule has 2 amide bonds. The van der Waals surface area contributed by atoms with Gasteiger partial charge in [-0.2, -0.15) is 0 Å². The number of carbonyl (C=O) groups is 2. The van der Waals surface area contributed by atoms with E-state index in [9.17, 15) is 9.59 Å². The molecule has 2 saturated heterocycles. The van der Waals surface area contributed by atoms with Gasteiger partial charge in [-0.05, 0) is 44.4 Å². The van der Waals surface area contributed by atoms with E-state index >= 15 is 0 Å². The molecule has 118 valence electrons. The van der Waals surface area contributed by atoms with Crippen molar-refractivity contribution in [1.29, 1.82) is 0 Å². The highest BCUT2D eigenvalue weighted by atomic mass is 16.2. The molecule has 0 radical (unpaired) electrons. The number of carbonyl (C=O) groups excluding carboxylic acids is 2. The number of hydrogen-bond acceptors (Lipinski definition) is 3. The van der Waals surface area contributed by atoms with Crippen LogP contribution in [0, 0.1) is 5.92 Å². The van der Waals surface area contributed by atoms with Gasteiger partial charge in [0.2, 0.25) is 11.8 Å². The molecule has 0 aromatic carbocycles. The molecule has 2 bridgehead atoms. The van der Waals surface area contributed by atoms with E-state index in [1.165, 1.54) is 32.6 Å². The van der Waals surface area contributed by atoms with Gasteiger partial charge in [-0.3, -0.25) is 9.59 Å². The second-order valence-electron chi connectivity index (χ2n) is 7.04. The van der Waals surface area contributed by atoms with Crippen molar-refractivity contribution in [2.24, 2.45) is 5.92 Å². The monoisotopic (exact) mass is 293 g/mol. The fourth-order valence-electron chi connectivity index (χ4n) is 4.37. The largest absolute Gasteiger partial charge is 0.351 e. The molecule has 1 aliphatic carbocycles. The molecule has 21 heavy (non-hydrogen) atoms. The Labute approximate surface area is 126 Å². The van der Waals surface area contributed by atoms with Gasteiger partial charge < -0.3 is 16.0 Å². The minimum absolute atomic E-state index is 0.0309. The summed E-state index contributed by atoms with van der Waals surface area (Å²) in [4.78, 5) is 24.0. The summed E-state index contributed by atoms with van der Waals surface area (Å²) in [5.74, 6) is 0.239. The summed E-state index contributed by atoms with van der Waals surface area (Å²) in [5, 5.41) is 9.68. The van der Waals surface area contributed by atoms with Crippen molar-refractivity contribution in [1.82, 2.24) is 16.0 Å². The van der Waals surface area contributed by atoms with Crippen molar-refractivity contribution in [3.8, 4) is 0 Å². The molecule has 3 fully saturated rings. The predicted molar refractivity (Wildman–Crippen MR) is 80.7 cm³/mol. The van der Waals surface area contributed by atoms with Crippen molar-refractivity contribution in [2.45, 2.75) is 82.5 Å². The molecule has 3 atom stereocenters. The lowest BCUT2D eigenvalue weighted by atomic mass is 9.95. The van der Waals surface area contributed by atoms with E-state index in [-0.39, 0.29) is 23.9 Å². The third-order valence-electron chi connectivity index (χ3n) is 5.33. The van der Waals surface area contributed by atoms with Crippen LogP contribution in [-0.4, -0.2) is 36.0 Å². The van der Waals surface area contributed by atoms with Crippen LogP contribution in [0.4, 0.5) is 0 Å². The zero-order valence-electron chi connectivity index (χ0n) is 12.9. The fourth-order valence-corrected chi connectivity index (χ4v) is 4.37. The maximum atomic E-state index is 12.6. The molecule has 3 N–H and O–H groups in total. The molecular weight excluding hydrogens is 266 g/mol. The van der Waals surface area contributed by atoms with Gasteiger partial charge >= 0.3 is 0 Å². The van der Waals surface area contributed by atoms with Gasteiger partial charge in [-0.1, -0.05) is 12.8 Å². The zero-order valence-corrected chi connectivity index (χ0v) is 12.9. The van der Waals surface area contributed by atoms with Gasteiger partial charge in [0, 0.05) is 25.0 Å². The van der Waals surface area contributed by atoms with E-state index in [0.29, 0.717) is 18.0 Å². The lowest BCUT2D eigenvalue weighted by molar-refractivity contribution is -0.130. The van der Waals surface area contributed by atoms with Crippen LogP contribution in [0.5, 0.6) is 0 Å². The standard InChI is InChI=1S/C16H27N3O2/c1-10(20)17-15(11-4-2-3-5-11)16(21)19-14-8-12-6-7-13(9-14)18-12/h11-15,18H,2-9H2,1H3,(H,17,20)(H,19,21). The van der Waals surface area contributed by atoms with Crippen LogP contribution in [0.3, 0.4) is 0 Å². The minimum Gasteiger partial charge on any atom is -0.351 e. The summed E-state index contributed by atoms with van der Waals surface area (Å²) in [6.07, 6.45) is 8.96. The van der Waals surface area contributed by atoms with Crippen molar-refractivity contribution < 1.29 is 9.59 Å². The highest BCUT2D eigenvalue weighted by Crippen LogP contribution is 2.29. The summed E-state index contributed by atoms with van der Waals surface area (Å²) in [6.45, 7) is 1.50. The third-order valence-corrected chi connectivity index (χ3v) is 5.33. The predicted octanol–water partition coefficient (Wildman–Crippen LogP) is 1.08. The summed E-state index contributed by atoms with van der Waals surface area (Å²) < 4.78 is 0. The summed E-state index contributed by atoms with van der Waals surface area (Å²) in [5.41, 5.74) is 0. The third kappa shape index (κ3) is 3.57. The Hall–Kier alpha value is -1.10. The van der Waals surface area contributed by atoms with Gasteiger partial charge in [0.05, 0.1) is 0 Å². The van der Waals surface area contributed by atoms with Crippen LogP contribution in [0.25, 0.3) is 0 Å². The number of piperidine rings is 1. The van der Waals surface area contributed by atoms with Crippen LogP contribution < -0.4 is 16.0 Å². The van der Waals surface area contributed by atoms with Crippen LogP contribution in [0.2, 0.25) is 0 Å². The molecule has 0 spiro atoms. The van der Waals surface area contributed by atoms with Crippen LogP contribution in [0.15, 0.2) is 0 Å². The number of fused-ring (bicyclic) bond motifs is 2. The quantitative estimate of drug-likeness (QED) is 0.726. The number of nitrogens with one attached hydrogen (secondary N) is 3. The highest BCUT2D eigenvalue weighted by molar-refractivity contribution is 5.87. The molecule has 3 rings (SSSR count). The van der Waals surface area contributed by atoms with Gasteiger partial charge in [0.25, 0.3) is 0 Å². The van der Waals surface area contributed by atoms with Crippen molar-refractivity contribution in [2.75, 3.05) is 0 Å². The first-order valence-electron chi connectivity index (χ1n) is 8.45. The average molecular weight is 293 g/mol. The Morgan fingerprint density at radius 2 is 1.67 bits per heavy atom. The maximum Gasteiger partial charge on any atom is 0.243 e. The molecule has 0 aromatic heterocycles. The SMILES string of the molecule is CC(=O)NC(C(=O)NC1CC2CCC(C1)N2)C1CCCC1. The molecule has 5 nitrogen and oxygen atoms in total. The number of hydrogen-bond donors (Lipinski definition) is 3. The maximum absolute atomic E-state index is 12.6. The van der Waals surface area contributed by atoms with E-state index < -0.39 is 0 Å². The highest BCUT2D eigenvalue weighted by Gasteiger charge is 2.37. The zero-order chi connectivity index (χ0) is 14.8. The van der Waals surface area contributed by atoms with E-state index in [4.69, 9.17) is 0 Å². The Kier molecular flexibility index (Phi) is 4.48. The van der Waals surface area contributed by atoms with Gasteiger partial charge in [-0.25, -0.2) is 0 Å². The minimum atomic E-state index is -0.336. The van der Waals surface area contributed by atoms with Crippen molar-refractivity contribution in [3.05, 3.63) is 0 Å².